The van der Waals surface area contributed by atoms with Crippen LogP contribution in [0.5, 0.6) is 0 Å². The van der Waals surface area contributed by atoms with Crippen molar-refractivity contribution >= 4 is 52.9 Å². The van der Waals surface area contributed by atoms with E-state index in [0.29, 0.717) is 5.69 Å². The van der Waals surface area contributed by atoms with E-state index in [9.17, 15) is 38.4 Å². The van der Waals surface area contributed by atoms with Crippen LogP contribution in [0.15, 0.2) is 91.0 Å². The number of aryl methyl sites for hydroxylation is 2. The van der Waals surface area contributed by atoms with Crippen molar-refractivity contribution < 1.29 is 38.4 Å². The zero-order valence-electron chi connectivity index (χ0n) is 48.6. The molecule has 81 heavy (non-hydrogen) atoms. The molecule has 18 nitrogen and oxygen atoms in total. The number of fused-ring (bicyclic) bond motifs is 3. The number of rotatable bonds is 16. The maximum absolute atomic E-state index is 14.8. The molecule has 8 rings (SSSR count). The first-order chi connectivity index (χ1) is 38.4. The Morgan fingerprint density at radius 3 is 1.53 bits per heavy atom. The van der Waals surface area contributed by atoms with Gasteiger partial charge >= 0.3 is 0 Å². The summed E-state index contributed by atoms with van der Waals surface area (Å²) in [6.07, 6.45) is 5.41. The molecule has 0 radical (unpaired) electrons. The normalized spacial score (nSPS) is 21.1. The first kappa shape index (κ1) is 59.7. The van der Waals surface area contributed by atoms with Gasteiger partial charge in [0.1, 0.15) is 24.2 Å². The first-order valence-electron chi connectivity index (χ1n) is 28.6. The molecule has 0 bridgehead atoms. The molecular formula is C63H82N10O8. The molecule has 9 atom stereocenters. The fourth-order valence-electron chi connectivity index (χ4n) is 11.6. The van der Waals surface area contributed by atoms with E-state index < -0.39 is 70.8 Å². The minimum absolute atomic E-state index is 0.0238. The lowest BCUT2D eigenvalue weighted by Gasteiger charge is -2.42. The Morgan fingerprint density at radius 2 is 1.02 bits per heavy atom. The second-order valence-electron chi connectivity index (χ2n) is 24.6. The number of likely N-dealkylation sites (N-methyl/N-ethyl adjacent to an activating group) is 2. The number of nitrogens with zero attached hydrogens (tertiary/aromatic N) is 2. The van der Waals surface area contributed by atoms with Crippen LogP contribution in [0.25, 0.3) is 0 Å². The average molecular weight is 1110 g/mol. The minimum atomic E-state index is -0.976. The molecule has 0 saturated carbocycles. The molecule has 8 amide bonds. The number of nitrogens with one attached hydrogen (secondary N) is 8. The van der Waals surface area contributed by atoms with Crippen LogP contribution < -0.4 is 42.5 Å². The number of hydrogen-bond acceptors (Lipinski definition) is 10. The summed E-state index contributed by atoms with van der Waals surface area (Å²) in [7, 11) is 3.33. The van der Waals surface area contributed by atoms with Crippen molar-refractivity contribution in [3.63, 3.8) is 0 Å². The van der Waals surface area contributed by atoms with Crippen LogP contribution in [0.4, 0.5) is 5.69 Å². The second kappa shape index (κ2) is 25.1. The third-order valence-corrected chi connectivity index (χ3v) is 16.6. The maximum Gasteiger partial charge on any atom is 0.255 e. The molecule has 1 fully saturated rings. The molecule has 18 heteroatoms. The van der Waals surface area contributed by atoms with Gasteiger partial charge in [0.25, 0.3) is 11.8 Å². The van der Waals surface area contributed by atoms with Crippen LogP contribution in [0.1, 0.15) is 154 Å². The summed E-state index contributed by atoms with van der Waals surface area (Å²) < 4.78 is 0. The van der Waals surface area contributed by atoms with Gasteiger partial charge in [-0.15, -0.1) is 0 Å². The van der Waals surface area contributed by atoms with E-state index in [-0.39, 0.29) is 78.7 Å². The topological polar surface area (TPSA) is 239 Å². The molecule has 1 saturated heterocycles. The molecular weight excluding hydrogens is 1020 g/mol. The summed E-state index contributed by atoms with van der Waals surface area (Å²) in [5, 5.41) is 24.3. The van der Waals surface area contributed by atoms with E-state index >= 15 is 0 Å². The highest BCUT2D eigenvalue weighted by Gasteiger charge is 2.47. The zero-order chi connectivity index (χ0) is 58.5. The molecule has 4 aromatic carbocycles. The second-order valence-corrected chi connectivity index (χ2v) is 24.6. The fraction of sp³-hybridized carbons (Fsp3) is 0.492. The summed E-state index contributed by atoms with van der Waals surface area (Å²) >= 11 is 0. The van der Waals surface area contributed by atoms with Crippen molar-refractivity contribution in [3.8, 4) is 0 Å². The Balaban J connectivity index is 0.972. The van der Waals surface area contributed by atoms with E-state index in [1.807, 2.05) is 90.1 Å². The van der Waals surface area contributed by atoms with Crippen molar-refractivity contribution in [2.45, 2.75) is 168 Å². The highest BCUT2D eigenvalue weighted by molar-refractivity contribution is 6.05. The van der Waals surface area contributed by atoms with Gasteiger partial charge in [-0.3, -0.25) is 38.4 Å². The van der Waals surface area contributed by atoms with Gasteiger partial charge in [-0.2, -0.15) is 0 Å². The number of carbonyl (C=O) groups is 8. The SMILES string of the molecule is CN[C@@H](C)C(=O)NC(C(=O)N1Cc2ccc(NC(=O)c3ccc(C(=O)N[C@H]4C[C@@H](C(=O)N[C@@H]5CCCc6ccccc65)N(C(=O)[C@@H](NC(=O)[C@H](C)NC)C(C)(C)C)C4)cc3)cc2C[C@H]1C(=O)N[C@@H]1CCCc2ccccc21)C(C)(C)C. The Labute approximate surface area is 476 Å². The Kier molecular flexibility index (Phi) is 18.5. The molecule has 0 aromatic heterocycles. The van der Waals surface area contributed by atoms with E-state index in [1.165, 1.54) is 16.0 Å². The van der Waals surface area contributed by atoms with Crippen LogP contribution >= 0.6 is 0 Å². The van der Waals surface area contributed by atoms with Gasteiger partial charge in [0.15, 0.2) is 0 Å². The zero-order valence-corrected chi connectivity index (χ0v) is 48.6. The Morgan fingerprint density at radius 1 is 0.543 bits per heavy atom. The lowest BCUT2D eigenvalue weighted by molar-refractivity contribution is -0.147. The quantitative estimate of drug-likeness (QED) is 0.0696. The predicted molar refractivity (Wildman–Crippen MR) is 311 cm³/mol. The number of hydrogen-bond donors (Lipinski definition) is 8. The fourth-order valence-corrected chi connectivity index (χ4v) is 11.6. The smallest absolute Gasteiger partial charge is 0.255 e. The largest absolute Gasteiger partial charge is 0.347 e. The van der Waals surface area contributed by atoms with Gasteiger partial charge in [0, 0.05) is 42.4 Å². The van der Waals surface area contributed by atoms with Gasteiger partial charge in [0.2, 0.25) is 35.4 Å². The maximum atomic E-state index is 14.8. The predicted octanol–water partition coefficient (Wildman–Crippen LogP) is 5.56. The van der Waals surface area contributed by atoms with Gasteiger partial charge in [0.05, 0.1) is 24.2 Å². The van der Waals surface area contributed by atoms with Gasteiger partial charge in [-0.1, -0.05) is 96.1 Å². The van der Waals surface area contributed by atoms with E-state index in [1.54, 1.807) is 63.2 Å². The molecule has 2 aliphatic carbocycles. The number of benzene rings is 4. The first-order valence-corrected chi connectivity index (χ1v) is 28.6. The number of likely N-dealkylation sites (tertiary alicyclic amines) is 1. The van der Waals surface area contributed by atoms with E-state index in [0.717, 1.165) is 60.8 Å². The van der Waals surface area contributed by atoms with E-state index in [4.69, 9.17) is 0 Å². The average Bonchev–Trinajstić information content (AvgIpc) is 3.90. The standard InChI is InChI=1S/C63H82N10O8/c1-36(64-9)54(74)70-52(62(3,4)5)60(80)72-34-42-29-30-44(31-43(42)32-50(72)58(78)68-48-23-15-19-38-17-11-13-21-46(38)48)66-56(76)40-25-27-41(28-26-40)57(77)67-45-33-51(59(79)69-49-24-16-20-39-18-12-14-22-47(39)49)73(35-45)61(81)53(63(6,7)8)71-55(75)37(2)65-10/h11-14,17-18,21-22,25-31,36-37,45,48-53,64-65H,15-16,19-20,23-24,32-35H2,1-10H3,(H,66,76)(H,67,77)(H,68,78)(H,69,79)(H,70,74)(H,71,75)/t36-,37-,45-,48+,49+,50-,51-,52?,53+/m0/s1. The highest BCUT2D eigenvalue weighted by atomic mass is 16.2. The van der Waals surface area contributed by atoms with Crippen molar-refractivity contribution in [2.24, 2.45) is 10.8 Å². The number of anilines is 1. The van der Waals surface area contributed by atoms with Gasteiger partial charge in [-0.05, 0) is 153 Å². The Bertz CT molecular complexity index is 3020. The lowest BCUT2D eigenvalue weighted by Crippen LogP contribution is -2.62. The van der Waals surface area contributed by atoms with Crippen LogP contribution in [0.2, 0.25) is 0 Å². The summed E-state index contributed by atoms with van der Waals surface area (Å²) in [6, 6.07) is 21.7. The number of amides is 8. The summed E-state index contributed by atoms with van der Waals surface area (Å²) in [5.41, 5.74) is 5.61. The molecule has 0 spiro atoms. The van der Waals surface area contributed by atoms with Crippen LogP contribution in [-0.4, -0.2) is 120 Å². The van der Waals surface area contributed by atoms with Crippen LogP contribution in [0, 0.1) is 10.8 Å². The monoisotopic (exact) mass is 1110 g/mol. The highest BCUT2D eigenvalue weighted by Crippen LogP contribution is 2.35. The summed E-state index contributed by atoms with van der Waals surface area (Å²) in [6.45, 7) is 14.7. The molecule has 4 aliphatic rings. The molecule has 1 unspecified atom stereocenters. The minimum Gasteiger partial charge on any atom is -0.347 e. The van der Waals surface area contributed by atoms with Crippen molar-refractivity contribution in [2.75, 3.05) is 26.0 Å². The van der Waals surface area contributed by atoms with Crippen molar-refractivity contribution in [1.29, 1.82) is 0 Å². The Hall–Kier alpha value is -7.44. The van der Waals surface area contributed by atoms with Crippen molar-refractivity contribution in [1.82, 2.24) is 47.0 Å². The molecule has 4 aromatic rings. The molecule has 432 valence electrons. The summed E-state index contributed by atoms with van der Waals surface area (Å²) in [4.78, 5) is 116. The van der Waals surface area contributed by atoms with Crippen LogP contribution in [0.3, 0.4) is 0 Å². The number of carbonyl (C=O) groups excluding carboxylic acids is 8. The molecule has 2 heterocycles. The third-order valence-electron chi connectivity index (χ3n) is 16.6. The molecule has 2 aliphatic heterocycles. The molecule has 8 N–H and O–H groups in total. The lowest BCUT2D eigenvalue weighted by atomic mass is 9.83. The van der Waals surface area contributed by atoms with E-state index in [2.05, 4.69) is 54.7 Å². The van der Waals surface area contributed by atoms with Gasteiger partial charge < -0.3 is 52.3 Å². The van der Waals surface area contributed by atoms with Crippen LogP contribution in [-0.2, 0) is 54.6 Å². The third kappa shape index (κ3) is 13.8. The van der Waals surface area contributed by atoms with Crippen molar-refractivity contribution in [3.05, 3.63) is 136 Å². The summed E-state index contributed by atoms with van der Waals surface area (Å²) in [5.74, 6) is -3.04. The van der Waals surface area contributed by atoms with Gasteiger partial charge in [-0.25, -0.2) is 0 Å².